The molecule has 2 N–H and O–H groups in total. The lowest BCUT2D eigenvalue weighted by atomic mass is 10.2. The lowest BCUT2D eigenvalue weighted by Crippen LogP contribution is -1.98. The lowest BCUT2D eigenvalue weighted by Gasteiger charge is -2.00. The van der Waals surface area contributed by atoms with Crippen molar-refractivity contribution in [3.05, 3.63) is 21.9 Å². The third-order valence-corrected chi connectivity index (χ3v) is 2.28. The molecule has 0 bridgehead atoms. The van der Waals surface area contributed by atoms with Gasteiger partial charge in [-0.25, -0.2) is 0 Å². The normalized spacial score (nSPS) is 12.5. The number of nitrogens with zero attached hydrogens (tertiary/aromatic N) is 1. The largest absolute Gasteiger partial charge is 0.393 e. The number of hydrogen-bond donors (Lipinski definition) is 2. The first-order chi connectivity index (χ1) is 5.27. The molecular weight excluding hydrogens is 162 g/mol. The molecule has 0 aromatic carbocycles. The molecule has 0 aliphatic carbocycles. The minimum absolute atomic E-state index is 0.300. The van der Waals surface area contributed by atoms with Crippen molar-refractivity contribution in [2.45, 2.75) is 6.10 Å². The van der Waals surface area contributed by atoms with Gasteiger partial charge >= 0.3 is 0 Å². The average Bonchev–Trinajstić information content (AvgIpc) is 2.50. The molecule has 0 amide bonds. The standard InChI is InChI=1S/C7H7NO2S/c8-2-5-1-7(11-4-5)6(10)3-9/h1,4,6,9-10H,3H2. The number of aliphatic hydroxyl groups is 2. The first-order valence-electron chi connectivity index (χ1n) is 3.05. The number of thiophene rings is 1. The second kappa shape index (κ2) is 3.49. The van der Waals surface area contributed by atoms with Crippen molar-refractivity contribution < 1.29 is 10.2 Å². The molecule has 3 nitrogen and oxygen atoms in total. The van der Waals surface area contributed by atoms with Gasteiger partial charge in [-0.05, 0) is 6.07 Å². The highest BCUT2D eigenvalue weighted by atomic mass is 32.1. The Balaban J connectivity index is 2.82. The summed E-state index contributed by atoms with van der Waals surface area (Å²) in [7, 11) is 0. The Morgan fingerprint density at radius 1 is 1.73 bits per heavy atom. The summed E-state index contributed by atoms with van der Waals surface area (Å²) in [6.45, 7) is -0.300. The van der Waals surface area contributed by atoms with Crippen LogP contribution in [-0.2, 0) is 0 Å². The molecule has 1 aromatic rings. The summed E-state index contributed by atoms with van der Waals surface area (Å²) in [6.07, 6.45) is -0.845. The molecule has 4 heteroatoms. The van der Waals surface area contributed by atoms with Crippen LogP contribution in [0.4, 0.5) is 0 Å². The van der Waals surface area contributed by atoms with Gasteiger partial charge in [-0.1, -0.05) is 0 Å². The summed E-state index contributed by atoms with van der Waals surface area (Å²) in [5.41, 5.74) is 0.525. The molecule has 0 saturated carbocycles. The van der Waals surface area contributed by atoms with Gasteiger partial charge in [0.05, 0.1) is 12.2 Å². The van der Waals surface area contributed by atoms with E-state index in [1.165, 1.54) is 11.3 Å². The summed E-state index contributed by atoms with van der Waals surface area (Å²) in [4.78, 5) is 0.629. The Labute approximate surface area is 68.1 Å². The molecule has 1 rings (SSSR count). The molecule has 0 fully saturated rings. The predicted molar refractivity (Wildman–Crippen MR) is 41.1 cm³/mol. The maximum atomic E-state index is 9.09. The van der Waals surface area contributed by atoms with E-state index in [9.17, 15) is 0 Å². The maximum absolute atomic E-state index is 9.09. The van der Waals surface area contributed by atoms with Gasteiger partial charge in [0.1, 0.15) is 12.2 Å². The van der Waals surface area contributed by atoms with E-state index in [4.69, 9.17) is 15.5 Å². The SMILES string of the molecule is N#Cc1csc(C(O)CO)c1. The van der Waals surface area contributed by atoms with E-state index in [2.05, 4.69) is 0 Å². The molecule has 11 heavy (non-hydrogen) atoms. The lowest BCUT2D eigenvalue weighted by molar-refractivity contribution is 0.0983. The zero-order valence-electron chi connectivity index (χ0n) is 5.69. The molecule has 0 saturated heterocycles. The fraction of sp³-hybridized carbons (Fsp3) is 0.286. The Hall–Kier alpha value is -0.890. The second-order valence-corrected chi connectivity index (χ2v) is 2.99. The minimum Gasteiger partial charge on any atom is -0.393 e. The highest BCUT2D eigenvalue weighted by molar-refractivity contribution is 7.10. The van der Waals surface area contributed by atoms with Crippen molar-refractivity contribution in [2.24, 2.45) is 0 Å². The average molecular weight is 169 g/mol. The van der Waals surface area contributed by atoms with Crippen LogP contribution in [-0.4, -0.2) is 16.8 Å². The number of nitriles is 1. The Bertz CT molecular complexity index is 276. The van der Waals surface area contributed by atoms with E-state index < -0.39 is 6.10 Å². The van der Waals surface area contributed by atoms with E-state index in [-0.39, 0.29) is 6.61 Å². The van der Waals surface area contributed by atoms with E-state index in [0.717, 1.165) is 0 Å². The number of hydrogen-bond acceptors (Lipinski definition) is 4. The molecule has 0 aliphatic rings. The molecule has 0 radical (unpaired) electrons. The van der Waals surface area contributed by atoms with E-state index >= 15 is 0 Å². The number of rotatable bonds is 2. The van der Waals surface area contributed by atoms with Gasteiger partial charge in [0.15, 0.2) is 0 Å². The molecule has 0 spiro atoms. The third-order valence-electron chi connectivity index (χ3n) is 1.25. The molecule has 1 atom stereocenters. The highest BCUT2D eigenvalue weighted by Crippen LogP contribution is 2.20. The van der Waals surface area contributed by atoms with Crippen LogP contribution in [0.25, 0.3) is 0 Å². The van der Waals surface area contributed by atoms with Gasteiger partial charge in [-0.3, -0.25) is 0 Å². The van der Waals surface area contributed by atoms with Crippen LogP contribution in [0, 0.1) is 11.3 Å². The molecular formula is C7H7NO2S. The van der Waals surface area contributed by atoms with Crippen molar-refractivity contribution in [3.8, 4) is 6.07 Å². The quantitative estimate of drug-likeness (QED) is 0.683. The summed E-state index contributed by atoms with van der Waals surface area (Å²) >= 11 is 1.27. The predicted octanol–water partition coefficient (Wildman–Crippen LogP) is 0.645. The van der Waals surface area contributed by atoms with Gasteiger partial charge in [-0.15, -0.1) is 11.3 Å². The van der Waals surface area contributed by atoms with Crippen molar-refractivity contribution in [3.63, 3.8) is 0 Å². The van der Waals surface area contributed by atoms with Gasteiger partial charge in [-0.2, -0.15) is 5.26 Å². The van der Waals surface area contributed by atoms with Crippen LogP contribution in [0.1, 0.15) is 16.5 Å². The summed E-state index contributed by atoms with van der Waals surface area (Å²) < 4.78 is 0. The maximum Gasteiger partial charge on any atom is 0.111 e. The summed E-state index contributed by atoms with van der Waals surface area (Å²) in [5.74, 6) is 0. The van der Waals surface area contributed by atoms with Crippen molar-refractivity contribution in [2.75, 3.05) is 6.61 Å². The monoisotopic (exact) mass is 169 g/mol. The Kier molecular flexibility index (Phi) is 2.60. The Morgan fingerprint density at radius 2 is 2.45 bits per heavy atom. The topological polar surface area (TPSA) is 64.2 Å². The summed E-state index contributed by atoms with van der Waals surface area (Å²) in [5, 5.41) is 27.7. The van der Waals surface area contributed by atoms with Crippen LogP contribution in [0.15, 0.2) is 11.4 Å². The fourth-order valence-corrected chi connectivity index (χ4v) is 1.49. The highest BCUT2D eigenvalue weighted by Gasteiger charge is 2.07. The van der Waals surface area contributed by atoms with Gasteiger partial charge in [0.25, 0.3) is 0 Å². The third kappa shape index (κ3) is 1.77. The van der Waals surface area contributed by atoms with E-state index in [1.807, 2.05) is 6.07 Å². The van der Waals surface area contributed by atoms with Gasteiger partial charge < -0.3 is 10.2 Å². The van der Waals surface area contributed by atoms with Crippen LogP contribution in [0.3, 0.4) is 0 Å². The Morgan fingerprint density at radius 3 is 2.91 bits per heavy atom. The van der Waals surface area contributed by atoms with Gasteiger partial charge in [0, 0.05) is 10.3 Å². The fourth-order valence-electron chi connectivity index (χ4n) is 0.676. The molecule has 58 valence electrons. The summed E-state index contributed by atoms with van der Waals surface area (Å²) in [6, 6.07) is 3.52. The van der Waals surface area contributed by atoms with Crippen LogP contribution < -0.4 is 0 Å². The van der Waals surface area contributed by atoms with Crippen LogP contribution in [0.5, 0.6) is 0 Å². The second-order valence-electron chi connectivity index (χ2n) is 2.05. The van der Waals surface area contributed by atoms with Gasteiger partial charge in [0.2, 0.25) is 0 Å². The number of aliphatic hydroxyl groups excluding tert-OH is 2. The smallest absolute Gasteiger partial charge is 0.111 e. The van der Waals surface area contributed by atoms with Crippen molar-refractivity contribution in [1.82, 2.24) is 0 Å². The van der Waals surface area contributed by atoms with Crippen molar-refractivity contribution in [1.29, 1.82) is 5.26 Å². The van der Waals surface area contributed by atoms with E-state index in [1.54, 1.807) is 11.4 Å². The minimum atomic E-state index is -0.845. The first kappa shape index (κ1) is 8.21. The van der Waals surface area contributed by atoms with Crippen LogP contribution in [0.2, 0.25) is 0 Å². The molecule has 1 unspecified atom stereocenters. The van der Waals surface area contributed by atoms with E-state index in [0.29, 0.717) is 10.4 Å². The molecule has 1 aromatic heterocycles. The first-order valence-corrected chi connectivity index (χ1v) is 3.93. The zero-order chi connectivity index (χ0) is 8.27. The van der Waals surface area contributed by atoms with Crippen LogP contribution >= 0.6 is 11.3 Å². The van der Waals surface area contributed by atoms with Crippen molar-refractivity contribution >= 4 is 11.3 Å². The zero-order valence-corrected chi connectivity index (χ0v) is 6.51. The molecule has 1 heterocycles. The molecule has 0 aliphatic heterocycles.